The summed E-state index contributed by atoms with van der Waals surface area (Å²) in [5, 5.41) is 6.29. The number of ether oxygens (including phenoxy) is 1. The lowest BCUT2D eigenvalue weighted by atomic mass is 10.2. The van der Waals surface area contributed by atoms with Gasteiger partial charge in [-0.3, -0.25) is 4.79 Å². The molecule has 0 unspecified atom stereocenters. The Morgan fingerprint density at radius 1 is 0.828 bits per heavy atom. The van der Waals surface area contributed by atoms with E-state index in [1.807, 2.05) is 19.1 Å². The van der Waals surface area contributed by atoms with Crippen LogP contribution < -0.4 is 20.4 Å². The summed E-state index contributed by atoms with van der Waals surface area (Å²) >= 11 is 0. The Hall–Kier alpha value is -2.73. The first-order valence-electron chi connectivity index (χ1n) is 10.5. The first-order chi connectivity index (χ1) is 14.2. The molecule has 0 aromatic heterocycles. The molecule has 6 nitrogen and oxygen atoms in total. The Morgan fingerprint density at radius 3 is 1.93 bits per heavy atom. The number of morpholine rings is 1. The fourth-order valence-corrected chi connectivity index (χ4v) is 3.89. The first kappa shape index (κ1) is 19.6. The number of anilines is 4. The van der Waals surface area contributed by atoms with Crippen LogP contribution in [0.15, 0.2) is 48.5 Å². The molecule has 2 aromatic carbocycles. The van der Waals surface area contributed by atoms with E-state index in [0.717, 1.165) is 56.5 Å². The molecular weight excluding hydrogens is 364 g/mol. The summed E-state index contributed by atoms with van der Waals surface area (Å²) in [4.78, 5) is 17.3. The molecular formula is C23H30N4O2. The van der Waals surface area contributed by atoms with Crippen molar-refractivity contribution >= 4 is 28.7 Å². The third kappa shape index (κ3) is 5.01. The van der Waals surface area contributed by atoms with Gasteiger partial charge in [0.2, 0.25) is 5.91 Å². The van der Waals surface area contributed by atoms with Crippen LogP contribution in [0.1, 0.15) is 19.8 Å². The van der Waals surface area contributed by atoms with Gasteiger partial charge in [0.15, 0.2) is 0 Å². The Morgan fingerprint density at radius 2 is 1.34 bits per heavy atom. The fraction of sp³-hybridized carbons (Fsp3) is 0.435. The number of amides is 1. The third-order valence-electron chi connectivity index (χ3n) is 5.63. The van der Waals surface area contributed by atoms with Crippen LogP contribution in [-0.4, -0.2) is 51.3 Å². The Kier molecular flexibility index (Phi) is 6.20. The minimum atomic E-state index is -0.327. The molecule has 2 aliphatic rings. The van der Waals surface area contributed by atoms with Gasteiger partial charge in [-0.05, 0) is 68.3 Å². The normalized spacial score (nSPS) is 17.8. The van der Waals surface area contributed by atoms with Crippen LogP contribution in [-0.2, 0) is 9.53 Å². The summed E-state index contributed by atoms with van der Waals surface area (Å²) in [6, 6.07) is 16.0. The molecule has 2 heterocycles. The molecule has 2 aromatic rings. The molecule has 2 N–H and O–H groups in total. The zero-order valence-electron chi connectivity index (χ0n) is 17.1. The first-order valence-corrected chi connectivity index (χ1v) is 10.5. The van der Waals surface area contributed by atoms with Crippen LogP contribution in [0.3, 0.4) is 0 Å². The van der Waals surface area contributed by atoms with Crippen molar-refractivity contribution in [1.29, 1.82) is 0 Å². The summed E-state index contributed by atoms with van der Waals surface area (Å²) in [5.74, 6) is -0.0484. The molecule has 4 rings (SSSR count). The second-order valence-electron chi connectivity index (χ2n) is 7.74. The highest BCUT2D eigenvalue weighted by molar-refractivity contribution is 5.96. The Bertz CT molecular complexity index is 795. The number of nitrogens with one attached hydrogen (secondary N) is 2. The molecule has 0 spiro atoms. The number of benzene rings is 2. The standard InChI is InChI=1S/C23H30N4O2/c1-18(24-19-4-8-21(9-5-19)26-12-2-3-13-26)23(28)25-20-6-10-22(11-7-20)27-14-16-29-17-15-27/h4-11,18,24H,2-3,12-17H2,1H3,(H,25,28)/t18-/m1/s1. The summed E-state index contributed by atoms with van der Waals surface area (Å²) < 4.78 is 5.40. The number of nitrogens with zero attached hydrogens (tertiary/aromatic N) is 2. The van der Waals surface area contributed by atoms with Crippen molar-refractivity contribution < 1.29 is 9.53 Å². The Balaban J connectivity index is 1.29. The van der Waals surface area contributed by atoms with E-state index in [1.165, 1.54) is 18.5 Å². The molecule has 0 radical (unpaired) electrons. The monoisotopic (exact) mass is 394 g/mol. The number of hydrogen-bond donors (Lipinski definition) is 2. The zero-order chi connectivity index (χ0) is 20.1. The van der Waals surface area contributed by atoms with Crippen molar-refractivity contribution in [1.82, 2.24) is 0 Å². The van der Waals surface area contributed by atoms with Crippen LogP contribution in [0, 0.1) is 0 Å². The lowest BCUT2D eigenvalue weighted by molar-refractivity contribution is -0.116. The maximum absolute atomic E-state index is 12.6. The van der Waals surface area contributed by atoms with Gasteiger partial charge < -0.3 is 25.2 Å². The molecule has 2 saturated heterocycles. The van der Waals surface area contributed by atoms with Crippen LogP contribution in [0.2, 0.25) is 0 Å². The Labute approximate surface area is 172 Å². The topological polar surface area (TPSA) is 56.8 Å². The van der Waals surface area contributed by atoms with E-state index in [4.69, 9.17) is 4.74 Å². The summed E-state index contributed by atoms with van der Waals surface area (Å²) in [6.07, 6.45) is 2.54. The highest BCUT2D eigenvalue weighted by Crippen LogP contribution is 2.23. The van der Waals surface area contributed by atoms with E-state index < -0.39 is 0 Å². The SMILES string of the molecule is C[C@@H](Nc1ccc(N2CCCC2)cc1)C(=O)Nc1ccc(N2CCOCC2)cc1. The lowest BCUT2D eigenvalue weighted by Gasteiger charge is -2.29. The average molecular weight is 395 g/mol. The van der Waals surface area contributed by atoms with E-state index in [1.54, 1.807) is 0 Å². The van der Waals surface area contributed by atoms with Gasteiger partial charge in [0.05, 0.1) is 13.2 Å². The van der Waals surface area contributed by atoms with Gasteiger partial charge in [0, 0.05) is 48.9 Å². The van der Waals surface area contributed by atoms with Crippen molar-refractivity contribution in [3.05, 3.63) is 48.5 Å². The van der Waals surface area contributed by atoms with Crippen LogP contribution in [0.25, 0.3) is 0 Å². The minimum absolute atomic E-state index is 0.0484. The van der Waals surface area contributed by atoms with E-state index in [-0.39, 0.29) is 11.9 Å². The van der Waals surface area contributed by atoms with Crippen LogP contribution in [0.4, 0.5) is 22.7 Å². The van der Waals surface area contributed by atoms with E-state index >= 15 is 0 Å². The van der Waals surface area contributed by atoms with Crippen molar-refractivity contribution in [2.75, 3.05) is 59.8 Å². The molecule has 154 valence electrons. The highest BCUT2D eigenvalue weighted by atomic mass is 16.5. The number of carbonyl (C=O) groups excluding carboxylic acids is 1. The highest BCUT2D eigenvalue weighted by Gasteiger charge is 2.15. The molecule has 0 aliphatic carbocycles. The predicted molar refractivity (Wildman–Crippen MR) is 119 cm³/mol. The smallest absolute Gasteiger partial charge is 0.246 e. The summed E-state index contributed by atoms with van der Waals surface area (Å²) in [5.41, 5.74) is 4.18. The van der Waals surface area contributed by atoms with Crippen LogP contribution >= 0.6 is 0 Å². The largest absolute Gasteiger partial charge is 0.378 e. The van der Waals surface area contributed by atoms with Gasteiger partial charge >= 0.3 is 0 Å². The zero-order valence-corrected chi connectivity index (χ0v) is 17.1. The lowest BCUT2D eigenvalue weighted by Crippen LogP contribution is -2.36. The average Bonchev–Trinajstić information content (AvgIpc) is 3.30. The predicted octanol–water partition coefficient (Wildman–Crippen LogP) is 3.56. The van der Waals surface area contributed by atoms with Gasteiger partial charge in [-0.25, -0.2) is 0 Å². The van der Waals surface area contributed by atoms with Crippen molar-refractivity contribution in [2.24, 2.45) is 0 Å². The number of hydrogen-bond acceptors (Lipinski definition) is 5. The molecule has 0 bridgehead atoms. The number of carbonyl (C=O) groups is 1. The maximum atomic E-state index is 12.6. The van der Waals surface area contributed by atoms with Gasteiger partial charge in [-0.1, -0.05) is 0 Å². The van der Waals surface area contributed by atoms with Gasteiger partial charge in [0.1, 0.15) is 6.04 Å². The molecule has 1 amide bonds. The van der Waals surface area contributed by atoms with Gasteiger partial charge in [-0.2, -0.15) is 0 Å². The van der Waals surface area contributed by atoms with Crippen LogP contribution in [0.5, 0.6) is 0 Å². The van der Waals surface area contributed by atoms with Crippen molar-refractivity contribution in [3.63, 3.8) is 0 Å². The molecule has 2 fully saturated rings. The molecule has 0 saturated carbocycles. The summed E-state index contributed by atoms with van der Waals surface area (Å²) in [6.45, 7) is 7.49. The van der Waals surface area contributed by atoms with E-state index in [2.05, 4.69) is 56.8 Å². The minimum Gasteiger partial charge on any atom is -0.378 e. The van der Waals surface area contributed by atoms with Crippen molar-refractivity contribution in [3.8, 4) is 0 Å². The molecule has 2 aliphatic heterocycles. The van der Waals surface area contributed by atoms with Crippen molar-refractivity contribution in [2.45, 2.75) is 25.8 Å². The van der Waals surface area contributed by atoms with Gasteiger partial charge in [0.25, 0.3) is 0 Å². The molecule has 6 heteroatoms. The quantitative estimate of drug-likeness (QED) is 0.785. The third-order valence-corrected chi connectivity index (χ3v) is 5.63. The van der Waals surface area contributed by atoms with Gasteiger partial charge in [-0.15, -0.1) is 0 Å². The van der Waals surface area contributed by atoms with E-state index in [9.17, 15) is 4.79 Å². The second-order valence-corrected chi connectivity index (χ2v) is 7.74. The molecule has 29 heavy (non-hydrogen) atoms. The molecule has 1 atom stereocenters. The second kappa shape index (κ2) is 9.18. The number of rotatable bonds is 6. The maximum Gasteiger partial charge on any atom is 0.246 e. The fourth-order valence-electron chi connectivity index (χ4n) is 3.89. The summed E-state index contributed by atoms with van der Waals surface area (Å²) in [7, 11) is 0. The van der Waals surface area contributed by atoms with E-state index in [0.29, 0.717) is 0 Å².